The maximum Gasteiger partial charge on any atom is 0.416 e. The van der Waals surface area contributed by atoms with Gasteiger partial charge in [0.05, 0.1) is 17.0 Å². The van der Waals surface area contributed by atoms with Crippen molar-refractivity contribution in [2.24, 2.45) is 0 Å². The second-order valence-electron chi connectivity index (χ2n) is 4.76. The van der Waals surface area contributed by atoms with E-state index in [0.717, 1.165) is 18.2 Å². The Kier molecular flexibility index (Phi) is 5.25. The van der Waals surface area contributed by atoms with Gasteiger partial charge in [-0.15, -0.1) is 0 Å². The highest BCUT2D eigenvalue weighted by Gasteiger charge is 2.31. The van der Waals surface area contributed by atoms with E-state index in [-0.39, 0.29) is 0 Å². The van der Waals surface area contributed by atoms with Gasteiger partial charge in [-0.25, -0.2) is 13.1 Å². The predicted molar refractivity (Wildman–Crippen MR) is 81.7 cm³/mol. The zero-order valence-electron chi connectivity index (χ0n) is 12.2. The summed E-state index contributed by atoms with van der Waals surface area (Å²) in [4.78, 5) is 11.1. The number of halogens is 3. The monoisotopic (exact) mass is 358 g/mol. The Hall–Kier alpha value is -2.39. The molecule has 9 heteroatoms. The summed E-state index contributed by atoms with van der Waals surface area (Å²) >= 11 is 0. The number of carbonyl (C=O) groups excluding carboxylic acids is 1. The maximum atomic E-state index is 12.6. The van der Waals surface area contributed by atoms with Crippen LogP contribution in [0.15, 0.2) is 59.5 Å². The van der Waals surface area contributed by atoms with Crippen LogP contribution >= 0.6 is 0 Å². The van der Waals surface area contributed by atoms with Gasteiger partial charge in [-0.05, 0) is 30.3 Å². The van der Waals surface area contributed by atoms with Crippen molar-refractivity contribution in [3.8, 4) is 0 Å². The molecule has 0 bridgehead atoms. The fourth-order valence-electron chi connectivity index (χ4n) is 1.81. The maximum absolute atomic E-state index is 12.6. The van der Waals surface area contributed by atoms with Crippen molar-refractivity contribution < 1.29 is 26.4 Å². The molecule has 0 atom stereocenters. The molecule has 0 fully saturated rings. The van der Waals surface area contributed by atoms with Gasteiger partial charge in [0.2, 0.25) is 15.9 Å². The molecule has 2 N–H and O–H groups in total. The summed E-state index contributed by atoms with van der Waals surface area (Å²) < 4.78 is 63.9. The number of amides is 1. The average molecular weight is 358 g/mol. The highest BCUT2D eigenvalue weighted by atomic mass is 32.2. The van der Waals surface area contributed by atoms with Crippen LogP contribution in [-0.4, -0.2) is 20.9 Å². The largest absolute Gasteiger partial charge is 0.416 e. The van der Waals surface area contributed by atoms with E-state index in [1.54, 1.807) is 30.3 Å². The van der Waals surface area contributed by atoms with Gasteiger partial charge < -0.3 is 5.32 Å². The molecule has 128 valence electrons. The molecule has 0 radical (unpaired) electrons. The van der Waals surface area contributed by atoms with Crippen LogP contribution in [0, 0.1) is 0 Å². The number of alkyl halides is 3. The average Bonchev–Trinajstić information content (AvgIpc) is 2.53. The zero-order chi connectivity index (χ0) is 17.8. The lowest BCUT2D eigenvalue weighted by molar-refractivity contribution is -0.137. The van der Waals surface area contributed by atoms with Crippen LogP contribution in [0.2, 0.25) is 0 Å². The molecule has 0 saturated carbocycles. The smallest absolute Gasteiger partial charge is 0.325 e. The Bertz CT molecular complexity index is 821. The predicted octanol–water partition coefficient (Wildman–Crippen LogP) is 2.62. The van der Waals surface area contributed by atoms with Gasteiger partial charge in [0.25, 0.3) is 0 Å². The molecule has 0 saturated heterocycles. The molecule has 2 aromatic carbocycles. The van der Waals surface area contributed by atoms with Gasteiger partial charge in [0.1, 0.15) is 0 Å². The third kappa shape index (κ3) is 4.80. The Morgan fingerprint density at radius 3 is 2.29 bits per heavy atom. The normalized spacial score (nSPS) is 12.0. The van der Waals surface area contributed by atoms with Crippen LogP contribution < -0.4 is 10.0 Å². The highest BCUT2D eigenvalue weighted by molar-refractivity contribution is 7.89. The fourth-order valence-corrected chi connectivity index (χ4v) is 2.84. The van der Waals surface area contributed by atoms with Crippen molar-refractivity contribution in [2.45, 2.75) is 11.1 Å². The molecule has 1 amide bonds. The van der Waals surface area contributed by atoms with Gasteiger partial charge in [-0.3, -0.25) is 4.79 Å². The summed E-state index contributed by atoms with van der Waals surface area (Å²) in [5, 5.41) is 2.46. The minimum atomic E-state index is -4.66. The summed E-state index contributed by atoms with van der Waals surface area (Å²) in [7, 11) is -4.24. The van der Waals surface area contributed by atoms with Gasteiger partial charge in [0, 0.05) is 5.69 Å². The first-order valence-corrected chi connectivity index (χ1v) is 8.18. The first kappa shape index (κ1) is 18.0. The molecule has 0 unspecified atom stereocenters. The topological polar surface area (TPSA) is 75.3 Å². The van der Waals surface area contributed by atoms with Crippen LogP contribution in [0.5, 0.6) is 0 Å². The minimum Gasteiger partial charge on any atom is -0.325 e. The van der Waals surface area contributed by atoms with E-state index in [0.29, 0.717) is 11.8 Å². The number of benzene rings is 2. The van der Waals surface area contributed by atoms with Crippen molar-refractivity contribution in [3.63, 3.8) is 0 Å². The summed E-state index contributed by atoms with van der Waals surface area (Å²) in [6, 6.07) is 11.6. The van der Waals surface area contributed by atoms with Crippen molar-refractivity contribution in [1.29, 1.82) is 0 Å². The van der Waals surface area contributed by atoms with E-state index in [1.807, 2.05) is 4.72 Å². The lowest BCUT2D eigenvalue weighted by Crippen LogP contribution is -2.33. The molecule has 0 aliphatic rings. The first-order chi connectivity index (χ1) is 11.2. The Labute approximate surface area is 136 Å². The molecular weight excluding hydrogens is 345 g/mol. The first-order valence-electron chi connectivity index (χ1n) is 6.70. The number of nitrogens with one attached hydrogen (secondary N) is 2. The van der Waals surface area contributed by atoms with Crippen LogP contribution in [0.1, 0.15) is 5.56 Å². The van der Waals surface area contributed by atoms with Crippen molar-refractivity contribution in [2.75, 3.05) is 11.9 Å². The molecule has 24 heavy (non-hydrogen) atoms. The van der Waals surface area contributed by atoms with E-state index >= 15 is 0 Å². The van der Waals surface area contributed by atoms with Crippen molar-refractivity contribution in [3.05, 3.63) is 60.2 Å². The molecule has 2 aromatic rings. The third-order valence-electron chi connectivity index (χ3n) is 2.95. The number of hydrogen-bond donors (Lipinski definition) is 2. The standard InChI is InChI=1S/C15H13F3N2O3S/c16-15(17,18)11-5-4-8-13(9-11)24(22,23)19-10-14(21)20-12-6-2-1-3-7-12/h1-9,19H,10H2,(H,20,21). The molecule has 2 rings (SSSR count). The summed E-state index contributed by atoms with van der Waals surface area (Å²) in [5.41, 5.74) is -0.611. The minimum absolute atomic E-state index is 0.473. The van der Waals surface area contributed by atoms with Crippen LogP contribution in [0.3, 0.4) is 0 Å². The van der Waals surface area contributed by atoms with E-state index < -0.39 is 39.1 Å². The molecule has 5 nitrogen and oxygen atoms in total. The summed E-state index contributed by atoms with van der Waals surface area (Å²) in [6.45, 7) is -0.604. The van der Waals surface area contributed by atoms with Crippen molar-refractivity contribution >= 4 is 21.6 Å². The molecular formula is C15H13F3N2O3S. The Balaban J connectivity index is 2.05. The molecule has 0 aromatic heterocycles. The Morgan fingerprint density at radius 2 is 1.67 bits per heavy atom. The van der Waals surface area contributed by atoms with Gasteiger partial charge >= 0.3 is 6.18 Å². The molecule has 0 heterocycles. The fraction of sp³-hybridized carbons (Fsp3) is 0.133. The number of hydrogen-bond acceptors (Lipinski definition) is 3. The number of para-hydroxylation sites is 1. The molecule has 0 spiro atoms. The number of rotatable bonds is 5. The molecule has 0 aliphatic heterocycles. The van der Waals surface area contributed by atoms with Gasteiger partial charge in [-0.2, -0.15) is 13.2 Å². The highest BCUT2D eigenvalue weighted by Crippen LogP contribution is 2.30. The van der Waals surface area contributed by atoms with E-state index in [1.165, 1.54) is 0 Å². The van der Waals surface area contributed by atoms with Crippen LogP contribution in [-0.2, 0) is 21.0 Å². The third-order valence-corrected chi connectivity index (χ3v) is 4.35. The van der Waals surface area contributed by atoms with Crippen LogP contribution in [0.25, 0.3) is 0 Å². The second kappa shape index (κ2) is 7.02. The summed E-state index contributed by atoms with van der Waals surface area (Å²) in [6.07, 6.45) is -4.66. The van der Waals surface area contributed by atoms with Crippen LogP contribution in [0.4, 0.5) is 18.9 Å². The lowest BCUT2D eigenvalue weighted by atomic mass is 10.2. The number of carbonyl (C=O) groups is 1. The lowest BCUT2D eigenvalue weighted by Gasteiger charge is -2.10. The Morgan fingerprint density at radius 1 is 1.00 bits per heavy atom. The summed E-state index contributed by atoms with van der Waals surface area (Å²) in [5.74, 6) is -0.642. The second-order valence-corrected chi connectivity index (χ2v) is 6.53. The van der Waals surface area contributed by atoms with Gasteiger partial charge in [0.15, 0.2) is 0 Å². The van der Waals surface area contributed by atoms with E-state index in [4.69, 9.17) is 0 Å². The van der Waals surface area contributed by atoms with Crippen molar-refractivity contribution in [1.82, 2.24) is 4.72 Å². The molecule has 0 aliphatic carbocycles. The number of anilines is 1. The zero-order valence-corrected chi connectivity index (χ0v) is 13.0. The van der Waals surface area contributed by atoms with E-state index in [9.17, 15) is 26.4 Å². The SMILES string of the molecule is O=C(CNS(=O)(=O)c1cccc(C(F)(F)F)c1)Nc1ccccc1. The van der Waals surface area contributed by atoms with E-state index in [2.05, 4.69) is 5.32 Å². The quantitative estimate of drug-likeness (QED) is 0.863. The van der Waals surface area contributed by atoms with Gasteiger partial charge in [-0.1, -0.05) is 24.3 Å². The number of sulfonamides is 1.